The Labute approximate surface area is 133 Å². The topological polar surface area (TPSA) is 190 Å². The minimum absolute atomic E-state index is 0. The molecule has 0 aromatic heterocycles. The average Bonchev–Trinajstić information content (AvgIpc) is 1.41. The summed E-state index contributed by atoms with van der Waals surface area (Å²) in [7, 11) is -16.9. The molecule has 108 valence electrons. The third kappa shape index (κ3) is 1450. The number of hydrogen-bond acceptors (Lipinski definition) is 9. The van der Waals surface area contributed by atoms with Crippen molar-refractivity contribution >= 4 is 23.7 Å². The predicted octanol–water partition coefficient (Wildman–Crippen LogP) is -6.53. The summed E-state index contributed by atoms with van der Waals surface area (Å²) in [5, 5.41) is 0. The Hall–Kier alpha value is 1.88. The van der Waals surface area contributed by atoms with Gasteiger partial charge in [0.2, 0.25) is 0 Å². The third-order valence-corrected chi connectivity index (χ3v) is 0. The Morgan fingerprint density at radius 1 is 0.611 bits per heavy atom. The fourth-order valence-corrected chi connectivity index (χ4v) is 0. The van der Waals surface area contributed by atoms with Crippen LogP contribution in [0.2, 0.25) is 0 Å². The van der Waals surface area contributed by atoms with Crippen LogP contribution in [0.1, 0.15) is 1.43 Å². The van der Waals surface area contributed by atoms with Crippen molar-refractivity contribution in [2.24, 2.45) is 0 Å². The smallest absolute Gasteiger partial charge is 1.00 e. The molecule has 9 nitrogen and oxygen atoms in total. The van der Waals surface area contributed by atoms with Gasteiger partial charge in [0.25, 0.3) is 0 Å². The van der Waals surface area contributed by atoms with E-state index in [4.69, 9.17) is 43.1 Å². The summed E-state index contributed by atoms with van der Waals surface area (Å²) >= 11 is 0. The van der Waals surface area contributed by atoms with Gasteiger partial charge in [-0.05, 0) is 0 Å². The Bertz CT molecular complexity index is 227. The first kappa shape index (κ1) is 36.8. The van der Waals surface area contributed by atoms with Crippen molar-refractivity contribution in [1.82, 2.24) is 0 Å². The van der Waals surface area contributed by atoms with Gasteiger partial charge in [0.05, 0.1) is 0 Å². The van der Waals surface area contributed by atoms with Crippen LogP contribution in [0.4, 0.5) is 12.6 Å². The zero-order valence-electron chi connectivity index (χ0n) is 8.86. The Morgan fingerprint density at radius 3 is 0.611 bits per heavy atom. The van der Waals surface area contributed by atoms with Crippen molar-refractivity contribution in [1.29, 1.82) is 0 Å². The minimum atomic E-state index is -5.64. The van der Waals surface area contributed by atoms with E-state index in [1.165, 1.54) is 0 Å². The second-order valence-corrected chi connectivity index (χ2v) is 3.88. The zero-order valence-corrected chi connectivity index (χ0v) is 12.7. The van der Waals surface area contributed by atoms with Crippen molar-refractivity contribution in [3.63, 3.8) is 0 Å². The fourth-order valence-electron chi connectivity index (χ4n) is 0. The molecule has 0 heterocycles. The maximum atomic E-state index is 10.1. The molecular weight excluding hydrogens is 413 g/mol. The first-order valence-corrected chi connectivity index (χ1v) is 6.45. The van der Waals surface area contributed by atoms with E-state index < -0.39 is 23.7 Å². The monoisotopic (exact) mass is 414 g/mol. The van der Waals surface area contributed by atoms with E-state index in [1.54, 1.807) is 0 Å². The van der Waals surface area contributed by atoms with Gasteiger partial charge in [0, 0.05) is 0 Å². The first-order valence-electron chi connectivity index (χ1n) is 2.15. The fraction of sp³-hybridized carbons (Fsp3) is 0. The normalized spacial score (nSPS) is 9.83. The molecule has 0 aliphatic carbocycles. The summed E-state index contributed by atoms with van der Waals surface area (Å²) in [6.07, 6.45) is 0. The van der Waals surface area contributed by atoms with Crippen molar-refractivity contribution < 1.29 is 110 Å². The van der Waals surface area contributed by atoms with Gasteiger partial charge in [0.15, 0.2) is 0 Å². The van der Waals surface area contributed by atoms with Gasteiger partial charge in [-0.25, -0.2) is 12.6 Å². The molecule has 0 N–H and O–H groups in total. The third-order valence-electron chi connectivity index (χ3n) is 0. The molecule has 0 fully saturated rings. The van der Waals surface area contributed by atoms with Gasteiger partial charge in [0.1, 0.15) is 23.7 Å². The molecule has 0 atom stereocenters. The maximum Gasteiger partial charge on any atom is 3.00 e. The molecule has 0 saturated carbocycles. The van der Waals surface area contributed by atoms with Gasteiger partial charge in [-0.15, -0.1) is 0 Å². The second kappa shape index (κ2) is 15.3. The van der Waals surface area contributed by atoms with Crippen LogP contribution in [-0.4, -0.2) is 0 Å². The van der Waals surface area contributed by atoms with Crippen LogP contribution in [0.25, 0.3) is 0 Å². The molecular formula is HF3Fe2LiO9P3. The minimum Gasteiger partial charge on any atom is -1.00 e. The molecule has 18 heavy (non-hydrogen) atoms. The molecule has 18 heteroatoms. The molecule has 0 aliphatic heterocycles. The Balaban J connectivity index is -0.0000000206. The van der Waals surface area contributed by atoms with E-state index in [9.17, 15) is 12.6 Å². The van der Waals surface area contributed by atoms with Gasteiger partial charge < -0.3 is 44.5 Å². The van der Waals surface area contributed by atoms with Crippen LogP contribution in [0, 0.1) is 0 Å². The molecule has 0 saturated heterocycles. The Morgan fingerprint density at radius 2 is 0.611 bits per heavy atom. The van der Waals surface area contributed by atoms with Crippen LogP contribution in [-0.2, 0) is 47.8 Å². The molecule has 2 radical (unpaired) electrons. The summed E-state index contributed by atoms with van der Waals surface area (Å²) in [6.45, 7) is 0. The molecule has 0 spiro atoms. The van der Waals surface area contributed by atoms with Crippen molar-refractivity contribution in [2.75, 3.05) is 0 Å². The summed E-state index contributed by atoms with van der Waals surface area (Å²) in [5.41, 5.74) is 0. The summed E-state index contributed by atoms with van der Waals surface area (Å²) < 4.78 is 55.7. The maximum absolute atomic E-state index is 10.1. The molecule has 0 unspecified atom stereocenters. The molecule has 0 bridgehead atoms. The average molecular weight is 414 g/mol. The zero-order chi connectivity index (χ0) is 13.5. The van der Waals surface area contributed by atoms with E-state index in [2.05, 4.69) is 0 Å². The van der Waals surface area contributed by atoms with E-state index in [-0.39, 0.29) is 54.4 Å². The number of hydrogen-bond donors (Lipinski definition) is 0. The van der Waals surface area contributed by atoms with Gasteiger partial charge in [-0.2, -0.15) is 0 Å². The van der Waals surface area contributed by atoms with E-state index >= 15 is 0 Å². The summed E-state index contributed by atoms with van der Waals surface area (Å²) in [4.78, 5) is 50.6. The largest absolute Gasteiger partial charge is 3.00 e. The standard InChI is InChI=1S/3FH2O3P.2Fe.Li.H/c3*1-5(2,3)4;;;;/h3*(H2,2,3,4);;;;/q;;;2*+3;+1;-1/p-6. The molecule has 0 aromatic rings. The quantitative estimate of drug-likeness (QED) is 0.274. The molecule has 0 rings (SSSR count). The van der Waals surface area contributed by atoms with E-state index in [0.717, 1.165) is 0 Å². The van der Waals surface area contributed by atoms with Crippen molar-refractivity contribution in [3.8, 4) is 0 Å². The van der Waals surface area contributed by atoms with Gasteiger partial charge in [-0.1, -0.05) is 0 Å². The van der Waals surface area contributed by atoms with E-state index in [1.807, 2.05) is 0 Å². The first-order chi connectivity index (χ1) is 6.00. The van der Waals surface area contributed by atoms with Crippen LogP contribution < -0.4 is 48.2 Å². The van der Waals surface area contributed by atoms with E-state index in [0.29, 0.717) is 0 Å². The summed E-state index contributed by atoms with van der Waals surface area (Å²) in [6, 6.07) is 0. The van der Waals surface area contributed by atoms with Gasteiger partial charge in [-0.3, -0.25) is 0 Å². The van der Waals surface area contributed by atoms with Crippen LogP contribution in [0.5, 0.6) is 0 Å². The summed E-state index contributed by atoms with van der Waals surface area (Å²) in [5.74, 6) is 0. The number of rotatable bonds is 0. The predicted molar refractivity (Wildman–Crippen MR) is 27.3 cm³/mol. The SMILES string of the molecule is O=P([O-])([O-])F.O=P([O-])([O-])F.O=P([O-])([O-])F.[Fe+3].[Fe+3].[H-].[Li+]. The number of halogens is 3. The van der Waals surface area contributed by atoms with Crippen molar-refractivity contribution in [3.05, 3.63) is 0 Å². The van der Waals surface area contributed by atoms with Crippen LogP contribution in [0.15, 0.2) is 0 Å². The molecule has 0 aromatic carbocycles. The van der Waals surface area contributed by atoms with Gasteiger partial charge >= 0.3 is 53.0 Å². The molecule has 0 aliphatic rings. The van der Waals surface area contributed by atoms with Crippen LogP contribution in [0.3, 0.4) is 0 Å². The Kier molecular flexibility index (Phi) is 31.2. The molecule has 0 amide bonds. The van der Waals surface area contributed by atoms with Crippen molar-refractivity contribution in [2.45, 2.75) is 0 Å². The van der Waals surface area contributed by atoms with Crippen LogP contribution >= 0.6 is 23.7 Å². The second-order valence-electron chi connectivity index (χ2n) is 1.29.